The molecule has 24 heavy (non-hydrogen) atoms. The summed E-state index contributed by atoms with van der Waals surface area (Å²) in [6.45, 7) is 6.00. The molecule has 6 nitrogen and oxygen atoms in total. The van der Waals surface area contributed by atoms with Crippen molar-refractivity contribution in [2.45, 2.75) is 32.5 Å². The van der Waals surface area contributed by atoms with Gasteiger partial charge >= 0.3 is 0 Å². The van der Waals surface area contributed by atoms with Crippen LogP contribution in [0.5, 0.6) is 0 Å². The summed E-state index contributed by atoms with van der Waals surface area (Å²) in [5.41, 5.74) is 2.39. The lowest BCUT2D eigenvalue weighted by Gasteiger charge is -2.33. The Morgan fingerprint density at radius 2 is 2.42 bits per heavy atom. The van der Waals surface area contributed by atoms with Crippen molar-refractivity contribution in [2.24, 2.45) is 4.99 Å². The van der Waals surface area contributed by atoms with Crippen molar-refractivity contribution < 1.29 is 4.52 Å². The fourth-order valence-corrected chi connectivity index (χ4v) is 3.93. The maximum Gasteiger partial charge on any atom is 0.193 e. The van der Waals surface area contributed by atoms with Gasteiger partial charge in [0.05, 0.1) is 6.54 Å². The molecule has 0 bridgehead atoms. The Balaban J connectivity index is 1.50. The maximum atomic E-state index is 4.89. The average molecular weight is 347 g/mol. The third-order valence-electron chi connectivity index (χ3n) is 4.48. The van der Waals surface area contributed by atoms with Gasteiger partial charge in [-0.2, -0.15) is 0 Å². The van der Waals surface area contributed by atoms with Gasteiger partial charge in [-0.1, -0.05) is 5.16 Å². The molecule has 0 saturated carbocycles. The molecule has 1 atom stereocenters. The average Bonchev–Trinajstić information content (AvgIpc) is 3.25. The molecule has 3 heterocycles. The lowest BCUT2D eigenvalue weighted by Crippen LogP contribution is -2.47. The first-order valence-electron chi connectivity index (χ1n) is 8.27. The molecule has 1 N–H and O–H groups in total. The summed E-state index contributed by atoms with van der Waals surface area (Å²) in [4.78, 5) is 10.5. The maximum absolute atomic E-state index is 4.89. The Kier molecular flexibility index (Phi) is 5.52. The Morgan fingerprint density at radius 3 is 3.17 bits per heavy atom. The zero-order valence-corrected chi connectivity index (χ0v) is 15.3. The fraction of sp³-hybridized carbons (Fsp3) is 0.529. The van der Waals surface area contributed by atoms with Gasteiger partial charge in [0.15, 0.2) is 5.96 Å². The van der Waals surface area contributed by atoms with E-state index in [0.29, 0.717) is 12.6 Å². The minimum Gasteiger partial charge on any atom is -0.364 e. The molecule has 1 unspecified atom stereocenters. The topological polar surface area (TPSA) is 56.9 Å². The highest BCUT2D eigenvalue weighted by Gasteiger charge is 2.21. The van der Waals surface area contributed by atoms with Crippen LogP contribution in [0.3, 0.4) is 0 Å². The number of fused-ring (bicyclic) bond motifs is 1. The van der Waals surface area contributed by atoms with Gasteiger partial charge in [0.1, 0.15) is 12.0 Å². The van der Waals surface area contributed by atoms with Gasteiger partial charge < -0.3 is 14.7 Å². The Morgan fingerprint density at radius 1 is 1.54 bits per heavy atom. The second-order valence-electron chi connectivity index (χ2n) is 6.21. The minimum absolute atomic E-state index is 0.454. The second kappa shape index (κ2) is 7.81. The molecule has 0 aliphatic carbocycles. The highest BCUT2D eigenvalue weighted by atomic mass is 32.1. The molecule has 0 aromatic carbocycles. The second-order valence-corrected chi connectivity index (χ2v) is 7.21. The molecule has 130 valence electrons. The van der Waals surface area contributed by atoms with Gasteiger partial charge in [-0.15, -0.1) is 11.3 Å². The minimum atomic E-state index is 0.454. The third-order valence-corrected chi connectivity index (χ3v) is 5.50. The third kappa shape index (κ3) is 3.96. The summed E-state index contributed by atoms with van der Waals surface area (Å²) in [5.74, 6) is 0.873. The van der Waals surface area contributed by atoms with E-state index in [4.69, 9.17) is 4.52 Å². The van der Waals surface area contributed by atoms with Crippen molar-refractivity contribution in [3.63, 3.8) is 0 Å². The summed E-state index contributed by atoms with van der Waals surface area (Å²) < 4.78 is 4.89. The lowest BCUT2D eigenvalue weighted by molar-refractivity contribution is 0.192. The van der Waals surface area contributed by atoms with Crippen molar-refractivity contribution in [1.29, 1.82) is 0 Å². The molecular weight excluding hydrogens is 322 g/mol. The summed E-state index contributed by atoms with van der Waals surface area (Å²) in [5, 5.41) is 9.63. The summed E-state index contributed by atoms with van der Waals surface area (Å²) in [7, 11) is 3.82. The van der Waals surface area contributed by atoms with E-state index in [1.54, 1.807) is 11.1 Å². The van der Waals surface area contributed by atoms with Gasteiger partial charge in [-0.05, 0) is 30.4 Å². The summed E-state index contributed by atoms with van der Waals surface area (Å²) in [6.07, 6.45) is 2.76. The summed E-state index contributed by atoms with van der Waals surface area (Å²) in [6, 6.07) is 4.59. The van der Waals surface area contributed by atoms with Crippen LogP contribution in [-0.2, 0) is 19.5 Å². The van der Waals surface area contributed by atoms with E-state index in [1.165, 1.54) is 5.56 Å². The van der Waals surface area contributed by atoms with Crippen molar-refractivity contribution >= 4 is 17.3 Å². The number of rotatable bonds is 5. The molecule has 0 amide bonds. The van der Waals surface area contributed by atoms with Gasteiger partial charge in [0, 0.05) is 50.7 Å². The molecule has 2 aromatic heterocycles. The standard InChI is InChI=1S/C17H25N5OS/c1-13(22-7-4-16-14(11-22)6-9-24-16)10-19-17(18-2)21(3)12-15-5-8-23-20-15/h5-6,8-9,13H,4,7,10-12H2,1-3H3,(H,18,19). The molecule has 0 saturated heterocycles. The van der Waals surface area contributed by atoms with Crippen LogP contribution in [0.4, 0.5) is 0 Å². The number of nitrogens with one attached hydrogen (secondary N) is 1. The molecule has 3 rings (SSSR count). The Hall–Kier alpha value is -1.86. The predicted molar refractivity (Wildman–Crippen MR) is 97.2 cm³/mol. The van der Waals surface area contributed by atoms with E-state index < -0.39 is 0 Å². The predicted octanol–water partition coefficient (Wildman–Crippen LogP) is 2.19. The number of guanidine groups is 1. The van der Waals surface area contributed by atoms with E-state index in [-0.39, 0.29) is 0 Å². The van der Waals surface area contributed by atoms with Crippen LogP contribution >= 0.6 is 11.3 Å². The molecule has 0 radical (unpaired) electrons. The zero-order chi connectivity index (χ0) is 16.9. The molecule has 1 aliphatic rings. The Bertz CT molecular complexity index is 666. The van der Waals surface area contributed by atoms with Crippen molar-refractivity contribution in [3.8, 4) is 0 Å². The smallest absolute Gasteiger partial charge is 0.193 e. The van der Waals surface area contributed by atoms with Crippen molar-refractivity contribution in [3.05, 3.63) is 39.9 Å². The van der Waals surface area contributed by atoms with Crippen LogP contribution in [0.2, 0.25) is 0 Å². The van der Waals surface area contributed by atoms with Gasteiger partial charge in [-0.25, -0.2) is 0 Å². The largest absolute Gasteiger partial charge is 0.364 e. The zero-order valence-electron chi connectivity index (χ0n) is 14.5. The van der Waals surface area contributed by atoms with Crippen LogP contribution in [0.25, 0.3) is 0 Å². The molecule has 2 aromatic rings. The van der Waals surface area contributed by atoms with Crippen LogP contribution < -0.4 is 5.32 Å². The highest BCUT2D eigenvalue weighted by molar-refractivity contribution is 7.10. The van der Waals surface area contributed by atoms with Crippen LogP contribution in [0.1, 0.15) is 23.1 Å². The van der Waals surface area contributed by atoms with E-state index in [9.17, 15) is 0 Å². The molecular formula is C17H25N5OS. The van der Waals surface area contributed by atoms with E-state index in [0.717, 1.165) is 37.7 Å². The number of aliphatic imine (C=N–C) groups is 1. The van der Waals surface area contributed by atoms with Gasteiger partial charge in [0.25, 0.3) is 0 Å². The van der Waals surface area contributed by atoms with E-state index in [2.05, 4.69) is 43.6 Å². The molecule has 7 heteroatoms. The van der Waals surface area contributed by atoms with Gasteiger partial charge in [-0.3, -0.25) is 9.89 Å². The monoisotopic (exact) mass is 347 g/mol. The van der Waals surface area contributed by atoms with Crippen molar-refractivity contribution in [1.82, 2.24) is 20.3 Å². The van der Waals surface area contributed by atoms with E-state index in [1.807, 2.05) is 31.5 Å². The SMILES string of the molecule is CN=C(NCC(C)N1CCc2sccc2C1)N(C)Cc1ccon1. The molecule has 1 aliphatic heterocycles. The number of thiophene rings is 1. The first-order chi connectivity index (χ1) is 11.7. The van der Waals surface area contributed by atoms with Crippen LogP contribution in [0, 0.1) is 0 Å². The first kappa shape index (κ1) is 17.0. The molecule has 0 fully saturated rings. The van der Waals surface area contributed by atoms with Crippen LogP contribution in [-0.4, -0.2) is 54.1 Å². The number of aromatic nitrogens is 1. The van der Waals surface area contributed by atoms with Crippen molar-refractivity contribution in [2.75, 3.05) is 27.2 Å². The Labute approximate surface area is 147 Å². The van der Waals surface area contributed by atoms with Gasteiger partial charge in [0.2, 0.25) is 0 Å². The number of hydrogen-bond donors (Lipinski definition) is 1. The quantitative estimate of drug-likeness (QED) is 0.664. The summed E-state index contributed by atoms with van der Waals surface area (Å²) >= 11 is 1.88. The lowest BCUT2D eigenvalue weighted by atomic mass is 10.1. The molecule has 0 spiro atoms. The normalized spacial score (nSPS) is 16.7. The number of nitrogens with zero attached hydrogens (tertiary/aromatic N) is 4. The van der Waals surface area contributed by atoms with E-state index >= 15 is 0 Å². The van der Waals surface area contributed by atoms with Crippen LogP contribution in [0.15, 0.2) is 33.3 Å². The highest BCUT2D eigenvalue weighted by Crippen LogP contribution is 2.24. The first-order valence-corrected chi connectivity index (χ1v) is 9.15. The number of hydrogen-bond acceptors (Lipinski definition) is 5. The fourth-order valence-electron chi connectivity index (χ4n) is 3.04.